The van der Waals surface area contributed by atoms with E-state index in [1.54, 1.807) is 12.1 Å². The lowest BCUT2D eigenvalue weighted by Gasteiger charge is -2.29. The van der Waals surface area contributed by atoms with Gasteiger partial charge in [0, 0.05) is 0 Å². The van der Waals surface area contributed by atoms with Crippen molar-refractivity contribution >= 4 is 0 Å². The van der Waals surface area contributed by atoms with E-state index < -0.39 is 11.7 Å². The van der Waals surface area contributed by atoms with Crippen molar-refractivity contribution in [3.8, 4) is 0 Å². The Kier molecular flexibility index (Phi) is 3.36. The summed E-state index contributed by atoms with van der Waals surface area (Å²) in [5.74, 6) is -0.134. The van der Waals surface area contributed by atoms with Gasteiger partial charge >= 0.3 is 6.18 Å². The van der Waals surface area contributed by atoms with Crippen molar-refractivity contribution in [2.75, 3.05) is 0 Å². The maximum Gasteiger partial charge on any atom is 0.416 e. The monoisotopic (exact) mass is 230 g/mol. The van der Waals surface area contributed by atoms with Gasteiger partial charge in [0.25, 0.3) is 0 Å². The van der Waals surface area contributed by atoms with Gasteiger partial charge in [-0.25, -0.2) is 0 Å². The smallest absolute Gasteiger partial charge is 0.166 e. The molecule has 0 nitrogen and oxygen atoms in total. The highest BCUT2D eigenvalue weighted by molar-refractivity contribution is 5.33. The van der Waals surface area contributed by atoms with Crippen molar-refractivity contribution in [1.82, 2.24) is 0 Å². The third-order valence-corrected chi connectivity index (χ3v) is 3.03. The minimum Gasteiger partial charge on any atom is -0.166 e. The molecule has 1 atom stereocenters. The number of hydrogen-bond acceptors (Lipinski definition) is 0. The Bertz CT molecular complexity index is 358. The number of alkyl halides is 3. The van der Waals surface area contributed by atoms with Crippen LogP contribution < -0.4 is 0 Å². The Balaban J connectivity index is 3.25. The Morgan fingerprint density at radius 2 is 1.50 bits per heavy atom. The predicted molar refractivity (Wildman–Crippen MR) is 59.3 cm³/mol. The molecule has 0 spiro atoms. The van der Waals surface area contributed by atoms with Gasteiger partial charge in [-0.3, -0.25) is 0 Å². The molecule has 0 N–H and O–H groups in total. The van der Waals surface area contributed by atoms with E-state index in [9.17, 15) is 13.2 Å². The standard InChI is InChI=1S/C13H17F3/c1-9(12(2,3)4)10-7-5-6-8-11(10)13(14,15)16/h5-9H,1-4H3/t9-/m1/s1. The first kappa shape index (κ1) is 13.1. The lowest BCUT2D eigenvalue weighted by molar-refractivity contribution is -0.138. The number of halogens is 3. The van der Waals surface area contributed by atoms with Gasteiger partial charge in [-0.15, -0.1) is 0 Å². The van der Waals surface area contributed by atoms with Gasteiger partial charge in [-0.05, 0) is 23.0 Å². The molecule has 0 saturated heterocycles. The van der Waals surface area contributed by atoms with Crippen molar-refractivity contribution in [3.63, 3.8) is 0 Å². The number of benzene rings is 1. The molecule has 0 radical (unpaired) electrons. The molecule has 0 aliphatic heterocycles. The molecule has 0 bridgehead atoms. The molecule has 0 aliphatic rings. The minimum absolute atomic E-state index is 0.134. The zero-order valence-corrected chi connectivity index (χ0v) is 10.0. The molecule has 3 heteroatoms. The number of rotatable bonds is 1. The van der Waals surface area contributed by atoms with Crippen LogP contribution in [0.3, 0.4) is 0 Å². The first-order valence-electron chi connectivity index (χ1n) is 5.30. The summed E-state index contributed by atoms with van der Waals surface area (Å²) in [6.45, 7) is 7.69. The average molecular weight is 230 g/mol. The van der Waals surface area contributed by atoms with Crippen LogP contribution in [0.25, 0.3) is 0 Å². The highest BCUT2D eigenvalue weighted by Gasteiger charge is 2.36. The summed E-state index contributed by atoms with van der Waals surface area (Å²) in [4.78, 5) is 0. The molecule has 90 valence electrons. The van der Waals surface area contributed by atoms with E-state index in [0.717, 1.165) is 6.07 Å². The Labute approximate surface area is 94.5 Å². The Morgan fingerprint density at radius 1 is 1.00 bits per heavy atom. The van der Waals surface area contributed by atoms with Crippen LogP contribution in [0.1, 0.15) is 44.7 Å². The maximum absolute atomic E-state index is 12.8. The molecule has 1 rings (SSSR count). The molecule has 0 saturated carbocycles. The maximum atomic E-state index is 12.8. The van der Waals surface area contributed by atoms with Gasteiger partial charge in [0.1, 0.15) is 0 Å². The summed E-state index contributed by atoms with van der Waals surface area (Å²) in [5.41, 5.74) is -0.318. The van der Waals surface area contributed by atoms with E-state index in [1.165, 1.54) is 6.07 Å². The van der Waals surface area contributed by atoms with Crippen LogP contribution in [0.15, 0.2) is 24.3 Å². The second-order valence-corrected chi connectivity index (χ2v) is 5.17. The first-order chi connectivity index (χ1) is 7.14. The second kappa shape index (κ2) is 4.11. The molecular formula is C13H17F3. The molecule has 0 aliphatic carbocycles. The normalized spacial score (nSPS) is 14.9. The van der Waals surface area contributed by atoms with E-state index in [2.05, 4.69) is 0 Å². The van der Waals surface area contributed by atoms with Gasteiger partial charge in [-0.1, -0.05) is 45.9 Å². The van der Waals surface area contributed by atoms with Crippen LogP contribution in [0, 0.1) is 5.41 Å². The highest BCUT2D eigenvalue weighted by Crippen LogP contribution is 2.41. The molecule has 0 amide bonds. The zero-order valence-electron chi connectivity index (χ0n) is 10.0. The van der Waals surface area contributed by atoms with Crippen LogP contribution in [0.2, 0.25) is 0 Å². The van der Waals surface area contributed by atoms with Crippen molar-refractivity contribution in [2.24, 2.45) is 5.41 Å². The quantitative estimate of drug-likeness (QED) is 0.646. The fourth-order valence-corrected chi connectivity index (χ4v) is 1.60. The molecule has 1 aromatic carbocycles. The SMILES string of the molecule is C[C@H](c1ccccc1C(F)(F)F)C(C)(C)C. The van der Waals surface area contributed by atoms with Crippen LogP contribution in [-0.4, -0.2) is 0 Å². The Hall–Kier alpha value is -0.990. The van der Waals surface area contributed by atoms with Crippen molar-refractivity contribution < 1.29 is 13.2 Å². The predicted octanol–water partition coefficient (Wildman–Crippen LogP) is 4.86. The summed E-state index contributed by atoms with van der Waals surface area (Å²) in [7, 11) is 0. The molecule has 1 aromatic rings. The first-order valence-corrected chi connectivity index (χ1v) is 5.30. The van der Waals surface area contributed by atoms with Gasteiger partial charge in [0.2, 0.25) is 0 Å². The summed E-state index contributed by atoms with van der Waals surface area (Å²) in [5, 5.41) is 0. The molecule has 0 fully saturated rings. The third-order valence-electron chi connectivity index (χ3n) is 3.03. The summed E-state index contributed by atoms with van der Waals surface area (Å²) in [6.07, 6.45) is -4.27. The molecule has 16 heavy (non-hydrogen) atoms. The highest BCUT2D eigenvalue weighted by atomic mass is 19.4. The Morgan fingerprint density at radius 3 is 1.94 bits per heavy atom. The minimum atomic E-state index is -4.27. The van der Waals surface area contributed by atoms with E-state index in [4.69, 9.17) is 0 Å². The van der Waals surface area contributed by atoms with E-state index in [1.807, 2.05) is 27.7 Å². The zero-order chi connectivity index (χ0) is 12.6. The van der Waals surface area contributed by atoms with Crippen molar-refractivity contribution in [2.45, 2.75) is 39.8 Å². The average Bonchev–Trinajstić information content (AvgIpc) is 2.14. The lowest BCUT2D eigenvalue weighted by Crippen LogP contribution is -2.19. The van der Waals surface area contributed by atoms with E-state index in [-0.39, 0.29) is 11.3 Å². The topological polar surface area (TPSA) is 0 Å². The second-order valence-electron chi connectivity index (χ2n) is 5.17. The lowest BCUT2D eigenvalue weighted by atomic mass is 9.76. The molecular weight excluding hydrogens is 213 g/mol. The fourth-order valence-electron chi connectivity index (χ4n) is 1.60. The van der Waals surface area contributed by atoms with Gasteiger partial charge in [0.05, 0.1) is 5.56 Å². The van der Waals surface area contributed by atoms with Crippen molar-refractivity contribution in [3.05, 3.63) is 35.4 Å². The fraction of sp³-hybridized carbons (Fsp3) is 0.538. The largest absolute Gasteiger partial charge is 0.416 e. The van der Waals surface area contributed by atoms with Gasteiger partial charge in [-0.2, -0.15) is 13.2 Å². The molecule has 0 unspecified atom stereocenters. The van der Waals surface area contributed by atoms with E-state index in [0.29, 0.717) is 5.56 Å². The van der Waals surface area contributed by atoms with Gasteiger partial charge in [0.15, 0.2) is 0 Å². The van der Waals surface area contributed by atoms with Crippen molar-refractivity contribution in [1.29, 1.82) is 0 Å². The summed E-state index contributed by atoms with van der Waals surface area (Å²) in [6, 6.07) is 5.81. The van der Waals surface area contributed by atoms with Crippen LogP contribution in [-0.2, 0) is 6.18 Å². The molecule has 0 heterocycles. The third kappa shape index (κ3) is 2.77. The summed E-state index contributed by atoms with van der Waals surface area (Å²) >= 11 is 0. The van der Waals surface area contributed by atoms with Crippen LogP contribution in [0.4, 0.5) is 13.2 Å². The van der Waals surface area contributed by atoms with Crippen LogP contribution in [0.5, 0.6) is 0 Å². The van der Waals surface area contributed by atoms with E-state index >= 15 is 0 Å². The number of hydrogen-bond donors (Lipinski definition) is 0. The summed E-state index contributed by atoms with van der Waals surface area (Å²) < 4.78 is 38.4. The van der Waals surface area contributed by atoms with Gasteiger partial charge < -0.3 is 0 Å². The molecule has 0 aromatic heterocycles. The van der Waals surface area contributed by atoms with Crippen LogP contribution >= 0.6 is 0 Å².